The Morgan fingerprint density at radius 1 is 1.00 bits per heavy atom. The van der Waals surface area contributed by atoms with Crippen molar-refractivity contribution in [1.29, 1.82) is 0 Å². The van der Waals surface area contributed by atoms with Crippen LogP contribution in [0.25, 0.3) is 0 Å². The van der Waals surface area contributed by atoms with Gasteiger partial charge < -0.3 is 15.7 Å². The van der Waals surface area contributed by atoms with Crippen LogP contribution in [0.5, 0.6) is 5.75 Å². The number of hydrogen-bond donors (Lipinski definition) is 3. The molecule has 0 atom stereocenters. The van der Waals surface area contributed by atoms with Crippen LogP contribution in [0.3, 0.4) is 0 Å². The van der Waals surface area contributed by atoms with E-state index in [0.29, 0.717) is 11.4 Å². The summed E-state index contributed by atoms with van der Waals surface area (Å²) in [6.07, 6.45) is 2.99. The highest BCUT2D eigenvalue weighted by Crippen LogP contribution is 2.15. The van der Waals surface area contributed by atoms with E-state index < -0.39 is 11.8 Å². The van der Waals surface area contributed by atoms with Crippen molar-refractivity contribution in [2.75, 3.05) is 10.6 Å². The predicted octanol–water partition coefficient (Wildman–Crippen LogP) is 1.36. The average Bonchev–Trinajstić information content (AvgIpc) is 2.40. The van der Waals surface area contributed by atoms with Crippen molar-refractivity contribution >= 4 is 23.2 Å². The molecule has 6 nitrogen and oxygen atoms in total. The third kappa shape index (κ3) is 3.53. The Morgan fingerprint density at radius 3 is 2.32 bits per heavy atom. The molecule has 0 bridgehead atoms. The predicted molar refractivity (Wildman–Crippen MR) is 69.6 cm³/mol. The van der Waals surface area contributed by atoms with E-state index in [4.69, 9.17) is 0 Å². The number of carbonyl (C=O) groups is 2. The van der Waals surface area contributed by atoms with Crippen molar-refractivity contribution in [3.8, 4) is 5.75 Å². The van der Waals surface area contributed by atoms with Crippen LogP contribution < -0.4 is 10.6 Å². The Bertz CT molecular complexity index is 599. The van der Waals surface area contributed by atoms with Gasteiger partial charge >= 0.3 is 11.8 Å². The number of phenolic OH excluding ortho intramolecular Hbond substituents is 1. The fraction of sp³-hybridized carbons (Fsp3) is 0. The van der Waals surface area contributed by atoms with Crippen LogP contribution in [0, 0.1) is 0 Å². The van der Waals surface area contributed by atoms with Gasteiger partial charge in [0.2, 0.25) is 0 Å². The zero-order valence-electron chi connectivity index (χ0n) is 9.83. The molecule has 1 aromatic heterocycles. The second-order valence-corrected chi connectivity index (χ2v) is 3.70. The number of aromatic nitrogens is 1. The minimum absolute atomic E-state index is 0.00506. The number of aromatic hydroxyl groups is 1. The number of amides is 2. The fourth-order valence-corrected chi connectivity index (χ4v) is 1.40. The van der Waals surface area contributed by atoms with Crippen LogP contribution in [-0.4, -0.2) is 21.9 Å². The van der Waals surface area contributed by atoms with Gasteiger partial charge in [-0.1, -0.05) is 6.07 Å². The molecular formula is C13H11N3O3. The Kier molecular flexibility index (Phi) is 3.72. The molecule has 1 heterocycles. The molecule has 0 spiro atoms. The number of phenols is 1. The summed E-state index contributed by atoms with van der Waals surface area (Å²) in [6.45, 7) is 0. The third-order valence-corrected chi connectivity index (χ3v) is 2.23. The molecule has 2 amide bonds. The lowest BCUT2D eigenvalue weighted by Crippen LogP contribution is -2.29. The molecular weight excluding hydrogens is 246 g/mol. The van der Waals surface area contributed by atoms with Crippen LogP contribution in [0.2, 0.25) is 0 Å². The summed E-state index contributed by atoms with van der Waals surface area (Å²) in [5.41, 5.74) is 0.768. The lowest BCUT2D eigenvalue weighted by atomic mass is 10.3. The van der Waals surface area contributed by atoms with Gasteiger partial charge in [0.1, 0.15) is 5.75 Å². The Balaban J connectivity index is 1.98. The van der Waals surface area contributed by atoms with Gasteiger partial charge in [-0.05, 0) is 24.3 Å². The molecule has 3 N–H and O–H groups in total. The number of benzene rings is 1. The Hall–Kier alpha value is -2.89. The minimum Gasteiger partial charge on any atom is -0.508 e. The van der Waals surface area contributed by atoms with Gasteiger partial charge in [-0.3, -0.25) is 14.6 Å². The summed E-state index contributed by atoms with van der Waals surface area (Å²) in [6, 6.07) is 9.19. The first-order valence-electron chi connectivity index (χ1n) is 5.46. The molecule has 0 unspecified atom stereocenters. The van der Waals surface area contributed by atoms with Crippen LogP contribution >= 0.6 is 0 Å². The fourth-order valence-electron chi connectivity index (χ4n) is 1.40. The van der Waals surface area contributed by atoms with Crippen molar-refractivity contribution < 1.29 is 14.7 Å². The Labute approximate surface area is 109 Å². The number of pyridine rings is 1. The summed E-state index contributed by atoms with van der Waals surface area (Å²) < 4.78 is 0. The number of hydrogen-bond acceptors (Lipinski definition) is 4. The van der Waals surface area contributed by atoms with E-state index in [0.717, 1.165) is 0 Å². The van der Waals surface area contributed by atoms with Crippen LogP contribution in [0.15, 0.2) is 48.8 Å². The molecule has 2 rings (SSSR count). The van der Waals surface area contributed by atoms with E-state index in [-0.39, 0.29) is 5.75 Å². The first kappa shape index (κ1) is 12.6. The monoisotopic (exact) mass is 257 g/mol. The third-order valence-electron chi connectivity index (χ3n) is 2.23. The molecule has 0 aliphatic rings. The number of carbonyl (C=O) groups excluding carboxylic acids is 2. The van der Waals surface area contributed by atoms with Crippen molar-refractivity contribution in [3.63, 3.8) is 0 Å². The zero-order chi connectivity index (χ0) is 13.7. The molecule has 0 aliphatic carbocycles. The van der Waals surface area contributed by atoms with Crippen LogP contribution in [-0.2, 0) is 9.59 Å². The lowest BCUT2D eigenvalue weighted by molar-refractivity contribution is -0.133. The highest BCUT2D eigenvalue weighted by Gasteiger charge is 2.14. The maximum Gasteiger partial charge on any atom is 0.314 e. The molecule has 0 fully saturated rings. The maximum absolute atomic E-state index is 11.6. The summed E-state index contributed by atoms with van der Waals surface area (Å²) >= 11 is 0. The van der Waals surface area contributed by atoms with E-state index in [1.54, 1.807) is 30.5 Å². The van der Waals surface area contributed by atoms with Crippen LogP contribution in [0.1, 0.15) is 0 Å². The van der Waals surface area contributed by atoms with E-state index >= 15 is 0 Å². The smallest absolute Gasteiger partial charge is 0.314 e. The SMILES string of the molecule is O=C(Nc1cccnc1)C(=O)Nc1cccc(O)c1. The van der Waals surface area contributed by atoms with Gasteiger partial charge in [-0.15, -0.1) is 0 Å². The highest BCUT2D eigenvalue weighted by atomic mass is 16.3. The summed E-state index contributed by atoms with van der Waals surface area (Å²) in [4.78, 5) is 27.0. The number of nitrogens with zero attached hydrogens (tertiary/aromatic N) is 1. The first-order chi connectivity index (χ1) is 9.15. The summed E-state index contributed by atoms with van der Waals surface area (Å²) in [5, 5.41) is 14.0. The molecule has 0 radical (unpaired) electrons. The Morgan fingerprint density at radius 2 is 1.68 bits per heavy atom. The van der Waals surface area contributed by atoms with E-state index in [1.807, 2.05) is 0 Å². The summed E-state index contributed by atoms with van der Waals surface area (Å²) in [5.74, 6) is -1.63. The standard InChI is InChI=1S/C13H11N3O3/c17-11-5-1-3-9(7-11)15-12(18)13(19)16-10-4-2-6-14-8-10/h1-8,17H,(H,15,18)(H,16,19). The van der Waals surface area contributed by atoms with Crippen molar-refractivity contribution in [1.82, 2.24) is 4.98 Å². The normalized spacial score (nSPS) is 9.68. The van der Waals surface area contributed by atoms with Gasteiger partial charge in [0.15, 0.2) is 0 Å². The minimum atomic E-state index is -0.825. The quantitative estimate of drug-likeness (QED) is 0.708. The highest BCUT2D eigenvalue weighted by molar-refractivity contribution is 6.43. The van der Waals surface area contributed by atoms with Crippen molar-refractivity contribution in [2.45, 2.75) is 0 Å². The topological polar surface area (TPSA) is 91.3 Å². The summed E-state index contributed by atoms with van der Waals surface area (Å²) in [7, 11) is 0. The molecule has 6 heteroatoms. The largest absolute Gasteiger partial charge is 0.508 e. The zero-order valence-corrected chi connectivity index (χ0v) is 9.83. The number of nitrogens with one attached hydrogen (secondary N) is 2. The maximum atomic E-state index is 11.6. The molecule has 96 valence electrons. The van der Waals surface area contributed by atoms with E-state index in [1.165, 1.54) is 18.3 Å². The molecule has 19 heavy (non-hydrogen) atoms. The van der Waals surface area contributed by atoms with Gasteiger partial charge in [-0.2, -0.15) is 0 Å². The molecule has 0 saturated carbocycles. The number of rotatable bonds is 2. The van der Waals surface area contributed by atoms with E-state index in [2.05, 4.69) is 15.6 Å². The lowest BCUT2D eigenvalue weighted by Gasteiger charge is -2.06. The van der Waals surface area contributed by atoms with Gasteiger partial charge in [0.05, 0.1) is 11.9 Å². The second-order valence-electron chi connectivity index (χ2n) is 3.70. The van der Waals surface area contributed by atoms with Crippen molar-refractivity contribution in [2.24, 2.45) is 0 Å². The van der Waals surface area contributed by atoms with Gasteiger partial charge in [-0.25, -0.2) is 0 Å². The van der Waals surface area contributed by atoms with Crippen LogP contribution in [0.4, 0.5) is 11.4 Å². The van der Waals surface area contributed by atoms with E-state index in [9.17, 15) is 14.7 Å². The molecule has 0 saturated heterocycles. The van der Waals surface area contributed by atoms with Gasteiger partial charge in [0.25, 0.3) is 0 Å². The molecule has 2 aromatic rings. The number of anilines is 2. The second kappa shape index (κ2) is 5.63. The average molecular weight is 257 g/mol. The first-order valence-corrected chi connectivity index (χ1v) is 5.46. The van der Waals surface area contributed by atoms with Gasteiger partial charge in [0, 0.05) is 18.0 Å². The molecule has 1 aromatic carbocycles. The molecule has 0 aliphatic heterocycles. The van der Waals surface area contributed by atoms with Crippen molar-refractivity contribution in [3.05, 3.63) is 48.8 Å².